The highest BCUT2D eigenvalue weighted by Gasteiger charge is 2.39. The number of nitrogens with one attached hydrogen (secondary N) is 1. The molecule has 0 aromatic heterocycles. The summed E-state index contributed by atoms with van der Waals surface area (Å²) in [4.78, 5) is 27.9. The first kappa shape index (κ1) is 23.0. The molecule has 1 aliphatic rings. The molecule has 0 radical (unpaired) electrons. The predicted octanol–water partition coefficient (Wildman–Crippen LogP) is 5.02. The molecule has 3 aromatic carbocycles. The number of rotatable bonds is 9. The SMILES string of the molecule is CCCOc1cccc(NC2=C(c3ccc(OC)cc3)C(=O)N(Cc3ccccc3F)C2=O)c1. The van der Waals surface area contributed by atoms with Crippen LogP contribution in [0.2, 0.25) is 0 Å². The fourth-order valence-electron chi connectivity index (χ4n) is 3.69. The van der Waals surface area contributed by atoms with Gasteiger partial charge in [-0.3, -0.25) is 14.5 Å². The lowest BCUT2D eigenvalue weighted by Gasteiger charge is -2.16. The van der Waals surface area contributed by atoms with E-state index in [-0.39, 0.29) is 23.4 Å². The monoisotopic (exact) mass is 460 g/mol. The van der Waals surface area contributed by atoms with Gasteiger partial charge in [-0.1, -0.05) is 43.3 Å². The Bertz CT molecular complexity index is 1240. The molecule has 1 aliphatic heterocycles. The normalized spacial score (nSPS) is 13.4. The summed E-state index contributed by atoms with van der Waals surface area (Å²) in [6.07, 6.45) is 0.864. The fourth-order valence-corrected chi connectivity index (χ4v) is 3.69. The molecule has 0 spiro atoms. The summed E-state index contributed by atoms with van der Waals surface area (Å²) in [7, 11) is 1.55. The van der Waals surface area contributed by atoms with Gasteiger partial charge in [-0.2, -0.15) is 0 Å². The van der Waals surface area contributed by atoms with Crippen LogP contribution in [-0.2, 0) is 16.1 Å². The largest absolute Gasteiger partial charge is 0.497 e. The first-order valence-electron chi connectivity index (χ1n) is 11.0. The van der Waals surface area contributed by atoms with Crippen molar-refractivity contribution >= 4 is 23.1 Å². The average Bonchev–Trinajstić information content (AvgIpc) is 3.08. The summed E-state index contributed by atoms with van der Waals surface area (Å²) in [5, 5.41) is 3.11. The Labute approximate surface area is 197 Å². The topological polar surface area (TPSA) is 67.9 Å². The molecule has 6 nitrogen and oxygen atoms in total. The van der Waals surface area contributed by atoms with E-state index in [1.807, 2.05) is 13.0 Å². The van der Waals surface area contributed by atoms with Crippen LogP contribution in [0.1, 0.15) is 24.5 Å². The van der Waals surface area contributed by atoms with Crippen LogP contribution in [0.3, 0.4) is 0 Å². The van der Waals surface area contributed by atoms with Crippen molar-refractivity contribution in [2.75, 3.05) is 19.0 Å². The lowest BCUT2D eigenvalue weighted by atomic mass is 10.0. The molecule has 2 amide bonds. The number of benzene rings is 3. The molecule has 0 saturated carbocycles. The number of methoxy groups -OCH3 is 1. The number of anilines is 1. The highest BCUT2D eigenvalue weighted by molar-refractivity contribution is 6.36. The highest BCUT2D eigenvalue weighted by atomic mass is 19.1. The second-order valence-corrected chi connectivity index (χ2v) is 7.77. The first-order chi connectivity index (χ1) is 16.5. The Hall–Kier alpha value is -4.13. The Morgan fingerprint density at radius 3 is 2.38 bits per heavy atom. The van der Waals surface area contributed by atoms with E-state index in [0.717, 1.165) is 11.3 Å². The molecule has 0 saturated heterocycles. The molecular weight excluding hydrogens is 435 g/mol. The van der Waals surface area contributed by atoms with E-state index in [1.54, 1.807) is 67.8 Å². The summed E-state index contributed by atoms with van der Waals surface area (Å²) in [5.41, 5.74) is 1.75. The van der Waals surface area contributed by atoms with Gasteiger partial charge in [0.25, 0.3) is 11.8 Å². The Morgan fingerprint density at radius 1 is 0.912 bits per heavy atom. The van der Waals surface area contributed by atoms with Crippen LogP contribution in [0.5, 0.6) is 11.5 Å². The van der Waals surface area contributed by atoms with E-state index in [9.17, 15) is 14.0 Å². The summed E-state index contributed by atoms with van der Waals surface area (Å²) in [5.74, 6) is -0.229. The zero-order chi connectivity index (χ0) is 24.1. The number of amides is 2. The van der Waals surface area contributed by atoms with Crippen molar-refractivity contribution in [2.45, 2.75) is 19.9 Å². The van der Waals surface area contributed by atoms with Crippen molar-refractivity contribution in [3.63, 3.8) is 0 Å². The van der Waals surface area contributed by atoms with Crippen molar-refractivity contribution in [1.82, 2.24) is 4.90 Å². The number of nitrogens with zero attached hydrogens (tertiary/aromatic N) is 1. The predicted molar refractivity (Wildman–Crippen MR) is 128 cm³/mol. The van der Waals surface area contributed by atoms with Gasteiger partial charge in [0.1, 0.15) is 23.0 Å². The van der Waals surface area contributed by atoms with Gasteiger partial charge in [0.15, 0.2) is 0 Å². The van der Waals surface area contributed by atoms with Gasteiger partial charge in [-0.05, 0) is 42.3 Å². The van der Waals surface area contributed by atoms with Crippen LogP contribution in [0.15, 0.2) is 78.5 Å². The van der Waals surface area contributed by atoms with Gasteiger partial charge in [-0.25, -0.2) is 4.39 Å². The van der Waals surface area contributed by atoms with E-state index in [1.165, 1.54) is 6.07 Å². The molecule has 0 atom stereocenters. The Kier molecular flexibility index (Phi) is 6.92. The smallest absolute Gasteiger partial charge is 0.278 e. The summed E-state index contributed by atoms with van der Waals surface area (Å²) in [6, 6.07) is 20.2. The van der Waals surface area contributed by atoms with Crippen molar-refractivity contribution < 1.29 is 23.5 Å². The molecule has 0 aliphatic carbocycles. The minimum absolute atomic E-state index is 0.124. The molecule has 7 heteroatoms. The number of halogens is 1. The number of ether oxygens (including phenoxy) is 2. The lowest BCUT2D eigenvalue weighted by molar-refractivity contribution is -0.137. The highest BCUT2D eigenvalue weighted by Crippen LogP contribution is 2.33. The second-order valence-electron chi connectivity index (χ2n) is 7.77. The molecule has 3 aromatic rings. The minimum atomic E-state index is -0.529. The van der Waals surface area contributed by atoms with E-state index in [0.29, 0.717) is 29.4 Å². The summed E-state index contributed by atoms with van der Waals surface area (Å²) >= 11 is 0. The molecule has 0 bridgehead atoms. The van der Waals surface area contributed by atoms with E-state index >= 15 is 0 Å². The maximum atomic E-state index is 14.3. The lowest BCUT2D eigenvalue weighted by Crippen LogP contribution is -2.32. The average molecular weight is 461 g/mol. The van der Waals surface area contributed by atoms with Gasteiger partial charge in [-0.15, -0.1) is 0 Å². The fraction of sp³-hybridized carbons (Fsp3) is 0.185. The number of carbonyl (C=O) groups excluding carboxylic acids is 2. The van der Waals surface area contributed by atoms with Crippen LogP contribution in [0.25, 0.3) is 5.57 Å². The van der Waals surface area contributed by atoms with Gasteiger partial charge >= 0.3 is 0 Å². The Balaban J connectivity index is 1.71. The van der Waals surface area contributed by atoms with Gasteiger partial charge in [0.2, 0.25) is 0 Å². The van der Waals surface area contributed by atoms with E-state index < -0.39 is 17.6 Å². The third-order valence-electron chi connectivity index (χ3n) is 5.41. The third-order valence-corrected chi connectivity index (χ3v) is 5.41. The van der Waals surface area contributed by atoms with Gasteiger partial charge in [0.05, 0.1) is 25.8 Å². The van der Waals surface area contributed by atoms with Crippen molar-refractivity contribution in [2.24, 2.45) is 0 Å². The van der Waals surface area contributed by atoms with Crippen LogP contribution in [0.4, 0.5) is 10.1 Å². The quantitative estimate of drug-likeness (QED) is 0.455. The third kappa shape index (κ3) is 4.78. The molecule has 0 fully saturated rings. The molecule has 174 valence electrons. The first-order valence-corrected chi connectivity index (χ1v) is 11.0. The molecule has 1 N–H and O–H groups in total. The van der Waals surface area contributed by atoms with E-state index in [2.05, 4.69) is 5.32 Å². The van der Waals surface area contributed by atoms with Crippen LogP contribution in [0, 0.1) is 5.82 Å². The number of hydrogen-bond acceptors (Lipinski definition) is 5. The second kappa shape index (κ2) is 10.2. The maximum absolute atomic E-state index is 14.3. The van der Waals surface area contributed by atoms with Crippen LogP contribution >= 0.6 is 0 Å². The van der Waals surface area contributed by atoms with Crippen LogP contribution < -0.4 is 14.8 Å². The van der Waals surface area contributed by atoms with Crippen molar-refractivity contribution in [3.05, 3.63) is 95.4 Å². The Morgan fingerprint density at radius 2 is 1.68 bits per heavy atom. The maximum Gasteiger partial charge on any atom is 0.278 e. The molecule has 1 heterocycles. The van der Waals surface area contributed by atoms with Crippen molar-refractivity contribution in [3.8, 4) is 11.5 Å². The summed E-state index contributed by atoms with van der Waals surface area (Å²) in [6.45, 7) is 2.41. The molecule has 0 unspecified atom stereocenters. The van der Waals surface area contributed by atoms with Crippen molar-refractivity contribution in [1.29, 1.82) is 0 Å². The standard InChI is InChI=1S/C27H25FN2O4/c1-3-15-34-22-9-6-8-20(16-22)29-25-24(18-11-13-21(33-2)14-12-18)26(31)30(27(25)32)17-19-7-4-5-10-23(19)28/h4-14,16,29H,3,15,17H2,1-2H3. The number of hydrogen-bond donors (Lipinski definition) is 1. The van der Waals surface area contributed by atoms with Crippen LogP contribution in [-0.4, -0.2) is 30.4 Å². The van der Waals surface area contributed by atoms with E-state index in [4.69, 9.17) is 9.47 Å². The number of carbonyl (C=O) groups is 2. The molecule has 34 heavy (non-hydrogen) atoms. The minimum Gasteiger partial charge on any atom is -0.497 e. The van der Waals surface area contributed by atoms with Gasteiger partial charge in [0, 0.05) is 17.3 Å². The molecular formula is C27H25FN2O4. The zero-order valence-electron chi connectivity index (χ0n) is 19.0. The summed E-state index contributed by atoms with van der Waals surface area (Å²) < 4.78 is 25.2. The number of imide groups is 1. The molecule has 4 rings (SSSR count). The zero-order valence-corrected chi connectivity index (χ0v) is 19.0. The van der Waals surface area contributed by atoms with Gasteiger partial charge < -0.3 is 14.8 Å².